The molecule has 152 valence electrons. The molecule has 0 radical (unpaired) electrons. The second-order valence-corrected chi connectivity index (χ2v) is 7.53. The van der Waals surface area contributed by atoms with Crippen LogP contribution in [0.15, 0.2) is 42.9 Å². The molecule has 0 unspecified atom stereocenters. The fourth-order valence-corrected chi connectivity index (χ4v) is 4.00. The number of urea groups is 1. The maximum Gasteiger partial charge on any atom is 0.318 e. The largest absolute Gasteiger partial charge is 0.365 e. The van der Waals surface area contributed by atoms with Crippen LogP contribution in [0.5, 0.6) is 0 Å². The topological polar surface area (TPSA) is 65.8 Å². The van der Waals surface area contributed by atoms with Crippen LogP contribution in [-0.4, -0.2) is 51.0 Å². The SMILES string of the molecule is Cc1cnc2cccc([C@H](C)NC(=O)N3CCN(c4ccncc4F)C[C@H]3C)n12. The van der Waals surface area contributed by atoms with Gasteiger partial charge in [-0.05, 0) is 39.0 Å². The summed E-state index contributed by atoms with van der Waals surface area (Å²) in [6.45, 7) is 7.62. The lowest BCUT2D eigenvalue weighted by atomic mass is 10.1. The average molecular weight is 396 g/mol. The van der Waals surface area contributed by atoms with Crippen molar-refractivity contribution in [1.82, 2.24) is 24.6 Å². The highest BCUT2D eigenvalue weighted by molar-refractivity contribution is 5.75. The van der Waals surface area contributed by atoms with E-state index in [4.69, 9.17) is 0 Å². The number of imidazole rings is 1. The van der Waals surface area contributed by atoms with E-state index < -0.39 is 0 Å². The Labute approximate surface area is 169 Å². The van der Waals surface area contributed by atoms with Gasteiger partial charge >= 0.3 is 6.03 Å². The number of amides is 2. The number of pyridine rings is 2. The number of anilines is 1. The third-order valence-corrected chi connectivity index (χ3v) is 5.50. The summed E-state index contributed by atoms with van der Waals surface area (Å²) in [4.78, 5) is 24.9. The molecule has 2 atom stereocenters. The van der Waals surface area contributed by atoms with Crippen molar-refractivity contribution in [1.29, 1.82) is 0 Å². The van der Waals surface area contributed by atoms with Crippen molar-refractivity contribution in [2.45, 2.75) is 32.9 Å². The highest BCUT2D eigenvalue weighted by Gasteiger charge is 2.29. The fourth-order valence-electron chi connectivity index (χ4n) is 4.00. The molecule has 1 N–H and O–H groups in total. The Balaban J connectivity index is 1.45. The predicted molar refractivity (Wildman–Crippen MR) is 109 cm³/mol. The molecule has 7 nitrogen and oxygen atoms in total. The molecular weight excluding hydrogens is 371 g/mol. The summed E-state index contributed by atoms with van der Waals surface area (Å²) < 4.78 is 16.1. The van der Waals surface area contributed by atoms with Crippen molar-refractivity contribution >= 4 is 17.4 Å². The Kier molecular flexibility index (Phi) is 5.08. The Morgan fingerprint density at radius 3 is 2.86 bits per heavy atom. The number of rotatable bonds is 3. The molecule has 1 aliphatic heterocycles. The normalized spacial score (nSPS) is 18.1. The minimum Gasteiger partial charge on any atom is -0.365 e. The molecule has 0 aromatic carbocycles. The first-order chi connectivity index (χ1) is 14.0. The van der Waals surface area contributed by atoms with E-state index in [0.29, 0.717) is 25.3 Å². The summed E-state index contributed by atoms with van der Waals surface area (Å²) in [6.07, 6.45) is 4.63. The van der Waals surface area contributed by atoms with Crippen molar-refractivity contribution < 1.29 is 9.18 Å². The zero-order chi connectivity index (χ0) is 20.5. The van der Waals surface area contributed by atoms with Gasteiger partial charge in [0, 0.05) is 49.5 Å². The Bertz CT molecular complexity index is 1030. The molecule has 0 saturated carbocycles. The van der Waals surface area contributed by atoms with Crippen molar-refractivity contribution in [2.24, 2.45) is 0 Å². The lowest BCUT2D eigenvalue weighted by Crippen LogP contribution is -2.57. The third-order valence-electron chi connectivity index (χ3n) is 5.50. The molecule has 0 spiro atoms. The molecule has 1 fully saturated rings. The summed E-state index contributed by atoms with van der Waals surface area (Å²) in [6, 6.07) is 7.23. The van der Waals surface area contributed by atoms with Gasteiger partial charge in [-0.15, -0.1) is 0 Å². The van der Waals surface area contributed by atoms with Crippen molar-refractivity contribution in [3.8, 4) is 0 Å². The molecule has 4 heterocycles. The number of aromatic nitrogens is 3. The molecule has 4 rings (SSSR count). The van der Waals surface area contributed by atoms with Crippen LogP contribution in [0.2, 0.25) is 0 Å². The quantitative estimate of drug-likeness (QED) is 0.739. The maximum absolute atomic E-state index is 14.0. The van der Waals surface area contributed by atoms with Gasteiger partial charge in [-0.3, -0.25) is 9.38 Å². The number of halogens is 1. The van der Waals surface area contributed by atoms with E-state index in [1.165, 1.54) is 6.20 Å². The van der Waals surface area contributed by atoms with Gasteiger partial charge in [-0.2, -0.15) is 0 Å². The van der Waals surface area contributed by atoms with Crippen LogP contribution in [0.3, 0.4) is 0 Å². The van der Waals surface area contributed by atoms with Gasteiger partial charge in [0.2, 0.25) is 0 Å². The average Bonchev–Trinajstić information content (AvgIpc) is 3.09. The molecule has 3 aromatic rings. The van der Waals surface area contributed by atoms with Crippen molar-refractivity contribution in [3.05, 3.63) is 60.1 Å². The van der Waals surface area contributed by atoms with Gasteiger partial charge in [0.15, 0.2) is 5.82 Å². The monoisotopic (exact) mass is 396 g/mol. The lowest BCUT2D eigenvalue weighted by molar-refractivity contribution is 0.168. The van der Waals surface area contributed by atoms with E-state index in [1.807, 2.05) is 55.0 Å². The lowest BCUT2D eigenvalue weighted by Gasteiger charge is -2.41. The number of carbonyl (C=O) groups is 1. The molecule has 8 heteroatoms. The van der Waals surface area contributed by atoms with E-state index in [1.54, 1.807) is 12.3 Å². The van der Waals surface area contributed by atoms with Gasteiger partial charge in [-0.25, -0.2) is 14.2 Å². The summed E-state index contributed by atoms with van der Waals surface area (Å²) in [5.74, 6) is -0.338. The van der Waals surface area contributed by atoms with E-state index in [9.17, 15) is 9.18 Å². The Morgan fingerprint density at radius 1 is 1.28 bits per heavy atom. The van der Waals surface area contributed by atoms with Gasteiger partial charge < -0.3 is 15.1 Å². The zero-order valence-corrected chi connectivity index (χ0v) is 16.8. The molecule has 1 saturated heterocycles. The van der Waals surface area contributed by atoms with E-state index in [2.05, 4.69) is 19.7 Å². The number of carbonyl (C=O) groups excluding carboxylic acids is 1. The number of hydrogen-bond donors (Lipinski definition) is 1. The fraction of sp³-hybridized carbons (Fsp3) is 0.381. The van der Waals surface area contributed by atoms with Crippen LogP contribution in [0.25, 0.3) is 5.65 Å². The van der Waals surface area contributed by atoms with Crippen LogP contribution >= 0.6 is 0 Å². The zero-order valence-electron chi connectivity index (χ0n) is 16.8. The molecule has 2 amide bonds. The summed E-state index contributed by atoms with van der Waals surface area (Å²) >= 11 is 0. The number of piperazine rings is 1. The minimum absolute atomic E-state index is 0.0470. The van der Waals surface area contributed by atoms with Crippen LogP contribution in [0.4, 0.5) is 14.9 Å². The molecule has 29 heavy (non-hydrogen) atoms. The van der Waals surface area contributed by atoms with E-state index in [0.717, 1.165) is 17.0 Å². The van der Waals surface area contributed by atoms with E-state index >= 15 is 0 Å². The van der Waals surface area contributed by atoms with Crippen LogP contribution < -0.4 is 10.2 Å². The van der Waals surface area contributed by atoms with Gasteiger partial charge in [0.25, 0.3) is 0 Å². The summed E-state index contributed by atoms with van der Waals surface area (Å²) in [5, 5.41) is 3.11. The first-order valence-corrected chi connectivity index (χ1v) is 9.80. The number of aryl methyl sites for hydroxylation is 1. The highest BCUT2D eigenvalue weighted by Crippen LogP contribution is 2.22. The van der Waals surface area contributed by atoms with Gasteiger partial charge in [0.1, 0.15) is 5.65 Å². The first kappa shape index (κ1) is 19.2. The molecule has 0 aliphatic carbocycles. The summed E-state index contributed by atoms with van der Waals surface area (Å²) in [7, 11) is 0. The van der Waals surface area contributed by atoms with Crippen LogP contribution in [0.1, 0.15) is 31.3 Å². The highest BCUT2D eigenvalue weighted by atomic mass is 19.1. The maximum atomic E-state index is 14.0. The number of nitrogens with zero attached hydrogens (tertiary/aromatic N) is 5. The van der Waals surface area contributed by atoms with Crippen molar-refractivity contribution in [3.63, 3.8) is 0 Å². The van der Waals surface area contributed by atoms with Crippen molar-refractivity contribution in [2.75, 3.05) is 24.5 Å². The Morgan fingerprint density at radius 2 is 2.10 bits per heavy atom. The second-order valence-electron chi connectivity index (χ2n) is 7.53. The Hall–Kier alpha value is -3.16. The summed E-state index contributed by atoms with van der Waals surface area (Å²) in [5.41, 5.74) is 3.40. The molecule has 1 aliphatic rings. The second kappa shape index (κ2) is 7.69. The first-order valence-electron chi connectivity index (χ1n) is 9.80. The van der Waals surface area contributed by atoms with Gasteiger partial charge in [0.05, 0.1) is 17.9 Å². The number of hydrogen-bond acceptors (Lipinski definition) is 4. The third kappa shape index (κ3) is 3.62. The standard InChI is InChI=1S/C21H25FN6O/c1-14-11-24-20-6-4-5-18(28(14)20)16(3)25-21(29)27-10-9-26(13-15(27)2)19-7-8-23-12-17(19)22/h4-8,11-12,15-16H,9-10,13H2,1-3H3,(H,25,29)/t15-,16+/m1/s1. The predicted octanol–water partition coefficient (Wildman–Crippen LogP) is 3.16. The van der Waals surface area contributed by atoms with Crippen LogP contribution in [-0.2, 0) is 0 Å². The number of fused-ring (bicyclic) bond motifs is 1. The number of nitrogens with one attached hydrogen (secondary N) is 1. The molecule has 0 bridgehead atoms. The molecular formula is C21H25FN6O. The van der Waals surface area contributed by atoms with Gasteiger partial charge in [-0.1, -0.05) is 6.07 Å². The molecule has 3 aromatic heterocycles. The smallest absolute Gasteiger partial charge is 0.318 e. The van der Waals surface area contributed by atoms with Crippen LogP contribution in [0, 0.1) is 12.7 Å². The minimum atomic E-state index is -0.338. The van der Waals surface area contributed by atoms with E-state index in [-0.39, 0.29) is 23.9 Å².